The van der Waals surface area contributed by atoms with Gasteiger partial charge < -0.3 is 8.85 Å². The maximum Gasteiger partial charge on any atom is 0.219 e. The van der Waals surface area contributed by atoms with Crippen LogP contribution in [0.2, 0.25) is 65.5 Å². The highest BCUT2D eigenvalue weighted by atomic mass is 28.4. The Morgan fingerprint density at radius 2 is 0.900 bits per heavy atom. The molecular formula is C24H42O2Si4. The van der Waals surface area contributed by atoms with Crippen molar-refractivity contribution in [3.8, 4) is 22.9 Å². The van der Waals surface area contributed by atoms with Crippen LogP contribution >= 0.6 is 0 Å². The molecule has 2 nitrogen and oxygen atoms in total. The van der Waals surface area contributed by atoms with Crippen LogP contribution in [0, 0.1) is 22.9 Å². The molecule has 0 amide bonds. The fraction of sp³-hybridized carbons (Fsp3) is 0.583. The molecule has 0 radical (unpaired) electrons. The molecule has 0 unspecified atom stereocenters. The van der Waals surface area contributed by atoms with Gasteiger partial charge in [0, 0.05) is 24.3 Å². The lowest BCUT2D eigenvalue weighted by atomic mass is 10.1. The van der Waals surface area contributed by atoms with Crippen molar-refractivity contribution in [2.45, 2.75) is 79.3 Å². The van der Waals surface area contributed by atoms with Crippen LogP contribution in [0.3, 0.4) is 0 Å². The van der Waals surface area contributed by atoms with Crippen LogP contribution in [-0.4, -0.2) is 46.0 Å². The predicted octanol–water partition coefficient (Wildman–Crippen LogP) is 5.04. The summed E-state index contributed by atoms with van der Waals surface area (Å²) in [7, 11) is -7.20. The normalized spacial score (nSPS) is 12.7. The Labute approximate surface area is 190 Å². The van der Waals surface area contributed by atoms with Crippen molar-refractivity contribution in [3.05, 3.63) is 23.3 Å². The SMILES string of the molecule is CCO[Si](C)(C)c1cc(C#C[Si](C)(C)C)c([Si](C)(C)OCC)cc1C#C[Si](C)(C)C. The van der Waals surface area contributed by atoms with E-state index in [0.717, 1.165) is 24.3 Å². The Bertz CT molecular complexity index is 793. The Balaban J connectivity index is 3.94. The molecule has 0 aliphatic carbocycles. The summed E-state index contributed by atoms with van der Waals surface area (Å²) in [6.07, 6.45) is 0. The first-order chi connectivity index (χ1) is 13.5. The molecule has 1 aromatic carbocycles. The second kappa shape index (κ2) is 10.2. The monoisotopic (exact) mass is 474 g/mol. The van der Waals surface area contributed by atoms with Gasteiger partial charge in [-0.1, -0.05) is 51.1 Å². The lowest BCUT2D eigenvalue weighted by molar-refractivity contribution is 0.338. The second-order valence-corrected chi connectivity index (χ2v) is 28.0. The van der Waals surface area contributed by atoms with Crippen molar-refractivity contribution in [1.29, 1.82) is 0 Å². The first-order valence-corrected chi connectivity index (χ1v) is 23.9. The van der Waals surface area contributed by atoms with Gasteiger partial charge in [0.15, 0.2) is 0 Å². The van der Waals surface area contributed by atoms with Crippen LogP contribution < -0.4 is 10.4 Å². The van der Waals surface area contributed by atoms with Gasteiger partial charge in [-0.2, -0.15) is 0 Å². The molecule has 0 fully saturated rings. The fourth-order valence-electron chi connectivity index (χ4n) is 3.19. The molecule has 0 saturated carbocycles. The first-order valence-electron chi connectivity index (χ1n) is 11.1. The third kappa shape index (κ3) is 8.34. The van der Waals surface area contributed by atoms with Crippen molar-refractivity contribution < 1.29 is 8.85 Å². The molecule has 6 heteroatoms. The Morgan fingerprint density at radius 1 is 0.600 bits per heavy atom. The number of hydrogen-bond donors (Lipinski definition) is 0. The van der Waals surface area contributed by atoms with E-state index in [-0.39, 0.29) is 0 Å². The summed E-state index contributed by atoms with van der Waals surface area (Å²) in [5.74, 6) is 7.13. The average molecular weight is 475 g/mol. The molecule has 0 saturated heterocycles. The van der Waals surface area contributed by atoms with E-state index in [4.69, 9.17) is 8.85 Å². The largest absolute Gasteiger partial charge is 0.413 e. The summed E-state index contributed by atoms with van der Waals surface area (Å²) < 4.78 is 12.6. The van der Waals surface area contributed by atoms with Gasteiger partial charge in [-0.05, 0) is 62.5 Å². The molecule has 0 atom stereocenters. The van der Waals surface area contributed by atoms with Gasteiger partial charge in [-0.15, -0.1) is 11.1 Å². The number of rotatable bonds is 6. The molecule has 0 spiro atoms. The van der Waals surface area contributed by atoms with Crippen LogP contribution in [0.5, 0.6) is 0 Å². The van der Waals surface area contributed by atoms with Crippen molar-refractivity contribution in [2.75, 3.05) is 13.2 Å². The second-order valence-electron chi connectivity index (χ2n) is 10.8. The summed E-state index contributed by atoms with van der Waals surface area (Å²) in [4.78, 5) is 0. The molecule has 0 N–H and O–H groups in total. The standard InChI is InChI=1S/C24H42O2Si4/c1-13-25-29(9,10)23-19-22(16-18-28(6,7)8)24(30(11,12)26-14-2)20-21(23)15-17-27(3,4)5/h19-20H,13-14H2,1-12H3. The summed E-state index contributed by atoms with van der Waals surface area (Å²) in [5.41, 5.74) is 9.40. The smallest absolute Gasteiger partial charge is 0.219 e. The summed E-state index contributed by atoms with van der Waals surface area (Å²) in [6.45, 7) is 28.4. The molecule has 0 bridgehead atoms. The summed E-state index contributed by atoms with van der Waals surface area (Å²) >= 11 is 0. The van der Waals surface area contributed by atoms with Crippen molar-refractivity contribution in [3.63, 3.8) is 0 Å². The topological polar surface area (TPSA) is 18.5 Å². The van der Waals surface area contributed by atoms with Gasteiger partial charge in [0.1, 0.15) is 16.1 Å². The highest BCUT2D eigenvalue weighted by molar-refractivity contribution is 6.87. The molecule has 30 heavy (non-hydrogen) atoms. The van der Waals surface area contributed by atoms with E-state index in [2.05, 4.69) is 114 Å². The van der Waals surface area contributed by atoms with Crippen molar-refractivity contribution >= 4 is 43.2 Å². The van der Waals surface area contributed by atoms with E-state index in [0.29, 0.717) is 0 Å². The molecule has 1 rings (SSSR count). The van der Waals surface area contributed by atoms with Crippen LogP contribution in [0.25, 0.3) is 0 Å². The molecular weight excluding hydrogens is 433 g/mol. The van der Waals surface area contributed by atoms with Crippen LogP contribution in [-0.2, 0) is 8.85 Å². The van der Waals surface area contributed by atoms with Crippen molar-refractivity contribution in [2.24, 2.45) is 0 Å². The maximum atomic E-state index is 6.28. The molecule has 0 heterocycles. The quantitative estimate of drug-likeness (QED) is 0.425. The van der Waals surface area contributed by atoms with Gasteiger partial charge in [0.25, 0.3) is 0 Å². The zero-order chi connectivity index (χ0) is 23.4. The fourth-order valence-corrected chi connectivity index (χ4v) is 8.51. The minimum atomic E-state index is -2.10. The predicted molar refractivity (Wildman–Crippen MR) is 144 cm³/mol. The highest BCUT2D eigenvalue weighted by Gasteiger charge is 2.33. The zero-order valence-corrected chi connectivity index (χ0v) is 25.4. The summed E-state index contributed by atoms with van der Waals surface area (Å²) in [6, 6.07) is 4.60. The van der Waals surface area contributed by atoms with E-state index in [1.165, 1.54) is 10.4 Å². The van der Waals surface area contributed by atoms with E-state index < -0.39 is 32.8 Å². The lowest BCUT2D eigenvalue weighted by Crippen LogP contribution is -2.51. The highest BCUT2D eigenvalue weighted by Crippen LogP contribution is 2.15. The third-order valence-electron chi connectivity index (χ3n) is 4.61. The number of hydrogen-bond acceptors (Lipinski definition) is 2. The average Bonchev–Trinajstić information content (AvgIpc) is 2.56. The Kier molecular flexibility index (Phi) is 9.20. The molecule has 166 valence electrons. The van der Waals surface area contributed by atoms with Gasteiger partial charge in [0.05, 0.1) is 0 Å². The van der Waals surface area contributed by atoms with Crippen LogP contribution in [0.15, 0.2) is 12.1 Å². The van der Waals surface area contributed by atoms with Gasteiger partial charge in [-0.25, -0.2) is 0 Å². The Morgan fingerprint density at radius 3 is 1.13 bits per heavy atom. The van der Waals surface area contributed by atoms with E-state index >= 15 is 0 Å². The van der Waals surface area contributed by atoms with Crippen LogP contribution in [0.1, 0.15) is 25.0 Å². The van der Waals surface area contributed by atoms with E-state index in [1.54, 1.807) is 0 Å². The summed E-state index contributed by atoms with van der Waals surface area (Å²) in [5, 5.41) is 2.53. The van der Waals surface area contributed by atoms with Crippen LogP contribution in [0.4, 0.5) is 0 Å². The maximum absolute atomic E-state index is 6.28. The third-order valence-corrected chi connectivity index (χ3v) is 11.8. The minimum absolute atomic E-state index is 0.719. The molecule has 0 aliphatic rings. The van der Waals surface area contributed by atoms with Gasteiger partial charge in [-0.3, -0.25) is 0 Å². The molecule has 0 aliphatic heterocycles. The van der Waals surface area contributed by atoms with Gasteiger partial charge in [0.2, 0.25) is 16.6 Å². The number of benzene rings is 1. The van der Waals surface area contributed by atoms with Gasteiger partial charge >= 0.3 is 0 Å². The molecule has 0 aromatic heterocycles. The lowest BCUT2D eigenvalue weighted by Gasteiger charge is -2.29. The molecule has 1 aromatic rings. The van der Waals surface area contributed by atoms with Crippen molar-refractivity contribution in [1.82, 2.24) is 0 Å². The van der Waals surface area contributed by atoms with E-state index in [9.17, 15) is 0 Å². The van der Waals surface area contributed by atoms with E-state index in [1.807, 2.05) is 0 Å². The first kappa shape index (κ1) is 27.2. The zero-order valence-electron chi connectivity index (χ0n) is 21.4. The Hall–Kier alpha value is -0.872. The minimum Gasteiger partial charge on any atom is -0.413 e.